The molecule has 0 aromatic heterocycles. The van der Waals surface area contributed by atoms with E-state index in [1.807, 2.05) is 0 Å². The van der Waals surface area contributed by atoms with E-state index in [0.717, 1.165) is 25.7 Å². The van der Waals surface area contributed by atoms with Crippen molar-refractivity contribution >= 4 is 17.6 Å². The number of ketones is 1. The van der Waals surface area contributed by atoms with Crippen LogP contribution in [-0.4, -0.2) is 41.1 Å². The third-order valence-electron chi connectivity index (χ3n) is 5.07. The van der Waals surface area contributed by atoms with E-state index in [2.05, 4.69) is 5.32 Å². The van der Waals surface area contributed by atoms with Crippen molar-refractivity contribution < 1.29 is 18.8 Å². The fourth-order valence-corrected chi connectivity index (χ4v) is 3.70. The van der Waals surface area contributed by atoms with Gasteiger partial charge in [0.2, 0.25) is 5.78 Å². The minimum Gasteiger partial charge on any atom is -0.347 e. The van der Waals surface area contributed by atoms with Gasteiger partial charge in [-0.1, -0.05) is 19.3 Å². The van der Waals surface area contributed by atoms with Crippen LogP contribution in [0.5, 0.6) is 0 Å². The van der Waals surface area contributed by atoms with Crippen LogP contribution < -0.4 is 5.32 Å². The number of carbonyl (C=O) groups excluding carboxylic acids is 3. The molecule has 1 N–H and O–H groups in total. The minimum absolute atomic E-state index is 0.0628. The highest BCUT2D eigenvalue weighted by atomic mass is 19.1. The summed E-state index contributed by atoms with van der Waals surface area (Å²) in [5, 5.41) is 2.83. The molecule has 5 nitrogen and oxygen atoms in total. The molecule has 6 heteroatoms. The quantitative estimate of drug-likeness (QED) is 0.852. The molecule has 1 saturated heterocycles. The lowest BCUT2D eigenvalue weighted by Crippen LogP contribution is -2.49. The maximum absolute atomic E-state index is 13.0. The molecule has 0 radical (unpaired) electrons. The summed E-state index contributed by atoms with van der Waals surface area (Å²) in [5.74, 6) is -1.88. The predicted molar refractivity (Wildman–Crippen MR) is 90.5 cm³/mol. The number of halogens is 1. The van der Waals surface area contributed by atoms with Crippen molar-refractivity contribution in [1.29, 1.82) is 0 Å². The number of Topliss-reactive ketones (excluding diaryl/α,β-unsaturated/α-hetero) is 1. The van der Waals surface area contributed by atoms with E-state index in [4.69, 9.17) is 0 Å². The molecule has 1 heterocycles. The number of nitrogens with zero attached hydrogens (tertiary/aromatic N) is 1. The second kappa shape index (κ2) is 7.76. The summed E-state index contributed by atoms with van der Waals surface area (Å²) in [6.07, 6.45) is 6.28. The second-order valence-electron chi connectivity index (χ2n) is 6.84. The summed E-state index contributed by atoms with van der Waals surface area (Å²) >= 11 is 0. The van der Waals surface area contributed by atoms with Gasteiger partial charge in [0, 0.05) is 18.2 Å². The molecule has 0 unspecified atom stereocenters. The highest BCUT2D eigenvalue weighted by Gasteiger charge is 2.38. The number of carbonyl (C=O) groups is 3. The maximum Gasteiger partial charge on any atom is 0.289 e. The summed E-state index contributed by atoms with van der Waals surface area (Å²) in [6.45, 7) is 0.434. The minimum atomic E-state index is -0.721. The molecule has 2 amide bonds. The van der Waals surface area contributed by atoms with E-state index in [-0.39, 0.29) is 11.9 Å². The Morgan fingerprint density at radius 1 is 0.960 bits per heavy atom. The van der Waals surface area contributed by atoms with Crippen LogP contribution in [0.4, 0.5) is 4.39 Å². The van der Waals surface area contributed by atoms with E-state index in [1.165, 1.54) is 35.6 Å². The molecule has 1 aromatic rings. The third kappa shape index (κ3) is 4.06. The molecular formula is C19H23FN2O3. The van der Waals surface area contributed by atoms with Crippen LogP contribution in [-0.2, 0) is 9.59 Å². The van der Waals surface area contributed by atoms with Gasteiger partial charge in [-0.05, 0) is 49.9 Å². The zero-order chi connectivity index (χ0) is 17.8. The van der Waals surface area contributed by atoms with Crippen molar-refractivity contribution in [2.45, 2.75) is 57.0 Å². The summed E-state index contributed by atoms with van der Waals surface area (Å²) < 4.78 is 13.0. The molecular weight excluding hydrogens is 323 g/mol. The van der Waals surface area contributed by atoms with Crippen LogP contribution in [0.3, 0.4) is 0 Å². The molecule has 1 aromatic carbocycles. The lowest BCUT2D eigenvalue weighted by Gasteiger charge is -2.26. The number of likely N-dealkylation sites (tertiary alicyclic amines) is 1. The number of hydrogen-bond donors (Lipinski definition) is 1. The van der Waals surface area contributed by atoms with E-state index >= 15 is 0 Å². The average molecular weight is 346 g/mol. The first-order valence-electron chi connectivity index (χ1n) is 8.97. The van der Waals surface area contributed by atoms with Crippen molar-refractivity contribution in [3.05, 3.63) is 35.6 Å². The molecule has 3 rings (SSSR count). The Morgan fingerprint density at radius 2 is 1.64 bits per heavy atom. The molecule has 1 saturated carbocycles. The number of nitrogens with one attached hydrogen (secondary N) is 1. The number of hydrogen-bond acceptors (Lipinski definition) is 3. The molecule has 134 valence electrons. The first-order chi connectivity index (χ1) is 12.1. The molecule has 1 aliphatic heterocycles. The highest BCUT2D eigenvalue weighted by Crippen LogP contribution is 2.22. The molecule has 2 aliphatic rings. The summed E-state index contributed by atoms with van der Waals surface area (Å²) in [6, 6.07) is 4.58. The Morgan fingerprint density at radius 3 is 2.32 bits per heavy atom. The van der Waals surface area contributed by atoms with Crippen LogP contribution in [0.2, 0.25) is 0 Å². The van der Waals surface area contributed by atoms with Gasteiger partial charge in [0.25, 0.3) is 11.8 Å². The van der Waals surface area contributed by atoms with Gasteiger partial charge in [-0.3, -0.25) is 14.4 Å². The molecule has 0 bridgehead atoms. The van der Waals surface area contributed by atoms with Gasteiger partial charge >= 0.3 is 0 Å². The molecule has 1 atom stereocenters. The normalized spacial score (nSPS) is 21.2. The second-order valence-corrected chi connectivity index (χ2v) is 6.84. The Balaban J connectivity index is 1.65. The van der Waals surface area contributed by atoms with E-state index in [1.54, 1.807) is 0 Å². The third-order valence-corrected chi connectivity index (χ3v) is 5.07. The van der Waals surface area contributed by atoms with E-state index in [9.17, 15) is 18.8 Å². The van der Waals surface area contributed by atoms with E-state index in [0.29, 0.717) is 24.9 Å². The fraction of sp³-hybridized carbons (Fsp3) is 0.526. The van der Waals surface area contributed by atoms with Crippen molar-refractivity contribution in [1.82, 2.24) is 10.2 Å². The first-order valence-corrected chi connectivity index (χ1v) is 8.97. The standard InChI is InChI=1S/C19H23FN2O3/c20-14-10-8-13(9-11-14)19(25)22-12-4-7-16(22)17(23)18(24)21-15-5-2-1-3-6-15/h8-11,15-16H,1-7,12H2,(H,21,24)/t16-/m0/s1. The Labute approximate surface area is 146 Å². The molecule has 25 heavy (non-hydrogen) atoms. The van der Waals surface area contributed by atoms with Gasteiger partial charge in [-0.25, -0.2) is 4.39 Å². The molecule has 2 fully saturated rings. The van der Waals surface area contributed by atoms with Crippen LogP contribution in [0, 0.1) is 5.82 Å². The van der Waals surface area contributed by atoms with Crippen LogP contribution >= 0.6 is 0 Å². The summed E-state index contributed by atoms with van der Waals surface area (Å²) in [7, 11) is 0. The average Bonchev–Trinajstić information content (AvgIpc) is 3.11. The number of rotatable bonds is 4. The zero-order valence-electron chi connectivity index (χ0n) is 14.2. The molecule has 0 spiro atoms. The van der Waals surface area contributed by atoms with Gasteiger partial charge in [0.1, 0.15) is 11.9 Å². The van der Waals surface area contributed by atoms with Gasteiger partial charge in [0.15, 0.2) is 0 Å². The van der Waals surface area contributed by atoms with Crippen molar-refractivity contribution in [2.24, 2.45) is 0 Å². The van der Waals surface area contributed by atoms with Crippen molar-refractivity contribution in [3.8, 4) is 0 Å². The van der Waals surface area contributed by atoms with Crippen LogP contribution in [0.15, 0.2) is 24.3 Å². The summed E-state index contributed by atoms with van der Waals surface area (Å²) in [4.78, 5) is 38.9. The monoisotopic (exact) mass is 346 g/mol. The van der Waals surface area contributed by atoms with Gasteiger partial charge in [-0.2, -0.15) is 0 Å². The number of benzene rings is 1. The van der Waals surface area contributed by atoms with Gasteiger partial charge in [0.05, 0.1) is 0 Å². The topological polar surface area (TPSA) is 66.5 Å². The summed E-state index contributed by atoms with van der Waals surface area (Å²) in [5.41, 5.74) is 0.328. The lowest BCUT2D eigenvalue weighted by atomic mass is 9.95. The van der Waals surface area contributed by atoms with Crippen molar-refractivity contribution in [2.75, 3.05) is 6.54 Å². The fourth-order valence-electron chi connectivity index (χ4n) is 3.70. The Kier molecular flexibility index (Phi) is 5.46. The van der Waals surface area contributed by atoms with Crippen LogP contribution in [0.25, 0.3) is 0 Å². The van der Waals surface area contributed by atoms with Crippen LogP contribution in [0.1, 0.15) is 55.3 Å². The predicted octanol–water partition coefficient (Wildman–Crippen LogP) is 2.45. The highest BCUT2D eigenvalue weighted by molar-refractivity contribution is 6.38. The zero-order valence-corrected chi connectivity index (χ0v) is 14.2. The lowest BCUT2D eigenvalue weighted by molar-refractivity contribution is -0.140. The smallest absolute Gasteiger partial charge is 0.289 e. The van der Waals surface area contributed by atoms with Gasteiger partial charge in [-0.15, -0.1) is 0 Å². The SMILES string of the molecule is O=C(NC1CCCCC1)C(=O)[C@@H]1CCCN1C(=O)c1ccc(F)cc1. The largest absolute Gasteiger partial charge is 0.347 e. The Bertz CT molecular complexity index is 653. The first kappa shape index (κ1) is 17.6. The Hall–Kier alpha value is -2.24. The molecule has 1 aliphatic carbocycles. The maximum atomic E-state index is 13.0. The van der Waals surface area contributed by atoms with Gasteiger partial charge < -0.3 is 10.2 Å². The van der Waals surface area contributed by atoms with E-state index < -0.39 is 23.5 Å². The van der Waals surface area contributed by atoms with Crippen molar-refractivity contribution in [3.63, 3.8) is 0 Å². The number of amides is 2.